The summed E-state index contributed by atoms with van der Waals surface area (Å²) in [5.74, 6) is -4.34. The van der Waals surface area contributed by atoms with Crippen molar-refractivity contribution in [2.24, 2.45) is 23.7 Å². The van der Waals surface area contributed by atoms with Crippen molar-refractivity contribution in [2.75, 3.05) is 6.61 Å². The first-order valence-corrected chi connectivity index (χ1v) is 18.0. The highest BCUT2D eigenvalue weighted by Gasteiger charge is 2.55. The molecule has 1 saturated carbocycles. The van der Waals surface area contributed by atoms with Crippen molar-refractivity contribution in [3.63, 3.8) is 0 Å². The lowest BCUT2D eigenvalue weighted by atomic mass is 9.65. The molecule has 0 aromatic carbocycles. The van der Waals surface area contributed by atoms with E-state index in [9.17, 15) is 30.3 Å². The van der Waals surface area contributed by atoms with E-state index < -0.39 is 66.1 Å². The maximum Gasteiger partial charge on any atom is 0.306 e. The van der Waals surface area contributed by atoms with Crippen LogP contribution >= 0.6 is 0 Å². The Morgan fingerprint density at radius 3 is 2.45 bits per heavy atom. The van der Waals surface area contributed by atoms with Crippen molar-refractivity contribution in [1.82, 2.24) is 0 Å². The van der Waals surface area contributed by atoms with Crippen LogP contribution in [0.4, 0.5) is 0 Å². The van der Waals surface area contributed by atoms with Crippen LogP contribution in [-0.4, -0.2) is 80.5 Å². The van der Waals surface area contributed by atoms with E-state index in [1.807, 2.05) is 19.9 Å². The van der Waals surface area contributed by atoms with Gasteiger partial charge in [-0.2, -0.15) is 0 Å². The van der Waals surface area contributed by atoms with E-state index in [0.29, 0.717) is 37.9 Å². The van der Waals surface area contributed by atoms with E-state index in [4.69, 9.17) is 14.2 Å². The number of aliphatic hydroxyl groups excluding tert-OH is 4. The Balaban J connectivity index is 1.83. The number of allylic oxidation sites excluding steroid dienone is 3. The zero-order valence-electron chi connectivity index (χ0n) is 28.8. The average Bonchev–Trinajstić information content (AvgIpc) is 3.02. The quantitative estimate of drug-likeness (QED) is 0.139. The standard InChI is InChI=1S/C38H62O9/c1-5-6-17-30(39)23-26(2)22-29-24-31-27(3)36(35(29)42)46-34(41)18-15-13-11-9-7-8-10-12-14-16-20-45-21-19-33-28(4)32(40)25-38(44,47-33)37(31)43/h5-6,16-17,20,27-33,35-37,39-40,42-44H,1-2,7-15,18-19,21-25H2,3-4H3/b17-6+,20-16-/t27-,28-,29+,30-,31-,32+,33-,35-,36-,37+,38-/m1/s1. The largest absolute Gasteiger partial charge is 0.501 e. The van der Waals surface area contributed by atoms with Crippen LogP contribution in [0.1, 0.15) is 110 Å². The van der Waals surface area contributed by atoms with Gasteiger partial charge in [0.15, 0.2) is 5.79 Å². The molecule has 0 spiro atoms. The van der Waals surface area contributed by atoms with Crippen LogP contribution < -0.4 is 0 Å². The van der Waals surface area contributed by atoms with Crippen molar-refractivity contribution in [2.45, 2.75) is 153 Å². The molecule has 1 saturated heterocycles. The molecule has 9 heteroatoms. The molecular formula is C38H62O9. The lowest BCUT2D eigenvalue weighted by Gasteiger charge is -2.51. The zero-order chi connectivity index (χ0) is 34.4. The van der Waals surface area contributed by atoms with Crippen molar-refractivity contribution in [1.29, 1.82) is 0 Å². The molecule has 268 valence electrons. The number of fused-ring (bicyclic) bond motifs is 4. The number of aliphatic hydroxyl groups is 5. The number of carbonyl (C=O) groups is 1. The highest BCUT2D eigenvalue weighted by atomic mass is 16.6. The van der Waals surface area contributed by atoms with E-state index >= 15 is 0 Å². The van der Waals surface area contributed by atoms with Crippen LogP contribution in [0.5, 0.6) is 0 Å². The van der Waals surface area contributed by atoms with E-state index in [1.165, 1.54) is 12.8 Å². The fraction of sp³-hybridized carbons (Fsp3) is 0.763. The predicted molar refractivity (Wildman–Crippen MR) is 182 cm³/mol. The van der Waals surface area contributed by atoms with E-state index in [1.54, 1.807) is 24.5 Å². The molecule has 3 aliphatic rings. The lowest BCUT2D eigenvalue weighted by molar-refractivity contribution is -0.337. The summed E-state index contributed by atoms with van der Waals surface area (Å²) in [5, 5.41) is 56.6. The molecule has 0 aromatic rings. The van der Waals surface area contributed by atoms with Crippen molar-refractivity contribution >= 4 is 5.97 Å². The number of esters is 1. The molecule has 3 rings (SSSR count). The molecular weight excluding hydrogens is 600 g/mol. The minimum absolute atomic E-state index is 0.179. The second-order valence-corrected chi connectivity index (χ2v) is 14.3. The molecule has 9 nitrogen and oxygen atoms in total. The number of hydrogen-bond donors (Lipinski definition) is 5. The second-order valence-electron chi connectivity index (χ2n) is 14.3. The molecule has 0 unspecified atom stereocenters. The summed E-state index contributed by atoms with van der Waals surface area (Å²) in [4.78, 5) is 13.1. The summed E-state index contributed by atoms with van der Waals surface area (Å²) in [6.45, 7) is 11.8. The SMILES string of the molecule is C=C/C=C/[C@@H](O)CC(=C)C[C@H]1C[C@@H]2[C@@H](C)[C@@H](OC(=O)CCCCCCCCCC/C=C\OCC[C@H]3O[C@](O)(C[C@H](O)[C@H]3C)[C@H]2O)[C@@H]1O. The van der Waals surface area contributed by atoms with Crippen LogP contribution in [0.3, 0.4) is 0 Å². The third-order valence-electron chi connectivity index (χ3n) is 10.5. The molecule has 11 atom stereocenters. The summed E-state index contributed by atoms with van der Waals surface area (Å²) >= 11 is 0. The normalized spacial score (nSPS) is 38.7. The van der Waals surface area contributed by atoms with E-state index in [-0.39, 0.29) is 25.2 Å². The van der Waals surface area contributed by atoms with Gasteiger partial charge in [0.1, 0.15) is 12.2 Å². The molecule has 0 aromatic heterocycles. The van der Waals surface area contributed by atoms with Gasteiger partial charge in [-0.15, -0.1) is 0 Å². The summed E-state index contributed by atoms with van der Waals surface area (Å²) in [5.41, 5.74) is 0.703. The van der Waals surface area contributed by atoms with Crippen LogP contribution in [0.15, 0.2) is 49.3 Å². The minimum atomic E-state index is -2.05. The molecule has 2 aliphatic heterocycles. The molecule has 4 bridgehead atoms. The Morgan fingerprint density at radius 1 is 1.06 bits per heavy atom. The highest BCUT2D eigenvalue weighted by molar-refractivity contribution is 5.69. The van der Waals surface area contributed by atoms with Crippen molar-refractivity contribution in [3.05, 3.63) is 49.3 Å². The number of rotatable bonds is 6. The van der Waals surface area contributed by atoms with Gasteiger partial charge in [0.25, 0.3) is 0 Å². The van der Waals surface area contributed by atoms with Gasteiger partial charge in [0.05, 0.1) is 37.3 Å². The zero-order valence-corrected chi connectivity index (χ0v) is 28.8. The van der Waals surface area contributed by atoms with Gasteiger partial charge in [-0.3, -0.25) is 4.79 Å². The van der Waals surface area contributed by atoms with E-state index in [2.05, 4.69) is 13.2 Å². The van der Waals surface area contributed by atoms with Gasteiger partial charge in [0, 0.05) is 31.1 Å². The van der Waals surface area contributed by atoms with Crippen LogP contribution in [0, 0.1) is 23.7 Å². The number of hydrogen-bond acceptors (Lipinski definition) is 9. The van der Waals surface area contributed by atoms with Gasteiger partial charge in [-0.1, -0.05) is 89.3 Å². The summed E-state index contributed by atoms with van der Waals surface area (Å²) in [6, 6.07) is 0. The molecule has 47 heavy (non-hydrogen) atoms. The Hall–Kier alpha value is -2.01. The third kappa shape index (κ3) is 12.1. The monoisotopic (exact) mass is 662 g/mol. The Morgan fingerprint density at radius 2 is 1.74 bits per heavy atom. The van der Waals surface area contributed by atoms with Gasteiger partial charge in [0.2, 0.25) is 0 Å². The molecule has 2 fully saturated rings. The van der Waals surface area contributed by atoms with Crippen molar-refractivity contribution < 1.29 is 44.5 Å². The summed E-state index contributed by atoms with van der Waals surface area (Å²) in [6.07, 6.45) is 13.7. The molecule has 1 aliphatic carbocycles. The van der Waals surface area contributed by atoms with Gasteiger partial charge in [-0.05, 0) is 56.4 Å². The van der Waals surface area contributed by atoms with Gasteiger partial charge in [-0.25, -0.2) is 0 Å². The third-order valence-corrected chi connectivity index (χ3v) is 10.5. The van der Waals surface area contributed by atoms with Crippen LogP contribution in [0.2, 0.25) is 0 Å². The lowest BCUT2D eigenvalue weighted by Crippen LogP contribution is -2.62. The van der Waals surface area contributed by atoms with Crippen LogP contribution in [-0.2, 0) is 19.0 Å². The summed E-state index contributed by atoms with van der Waals surface area (Å²) < 4.78 is 17.9. The minimum Gasteiger partial charge on any atom is -0.501 e. The first-order valence-electron chi connectivity index (χ1n) is 18.0. The first kappa shape index (κ1) is 39.4. The predicted octanol–water partition coefficient (Wildman–Crippen LogP) is 5.64. The van der Waals surface area contributed by atoms with Gasteiger partial charge >= 0.3 is 5.97 Å². The van der Waals surface area contributed by atoms with E-state index in [0.717, 1.165) is 38.5 Å². The highest BCUT2D eigenvalue weighted by Crippen LogP contribution is 2.46. The molecule has 0 amide bonds. The smallest absolute Gasteiger partial charge is 0.306 e. The Bertz CT molecular complexity index is 1030. The molecule has 0 radical (unpaired) electrons. The number of ether oxygens (including phenoxy) is 3. The second kappa shape index (κ2) is 19.9. The fourth-order valence-corrected chi connectivity index (χ4v) is 7.54. The molecule has 2 heterocycles. The average molecular weight is 663 g/mol. The van der Waals surface area contributed by atoms with Crippen LogP contribution in [0.25, 0.3) is 0 Å². The Labute approximate surface area is 282 Å². The maximum absolute atomic E-state index is 13.1. The topological polar surface area (TPSA) is 146 Å². The van der Waals surface area contributed by atoms with Crippen molar-refractivity contribution in [3.8, 4) is 0 Å². The van der Waals surface area contributed by atoms with Gasteiger partial charge < -0.3 is 39.7 Å². The summed E-state index contributed by atoms with van der Waals surface area (Å²) in [7, 11) is 0. The maximum atomic E-state index is 13.1. The molecule has 5 N–H and O–H groups in total. The first-order chi connectivity index (χ1) is 22.5. The number of carbonyl (C=O) groups excluding carboxylic acids is 1. The Kier molecular flexibility index (Phi) is 16.7. The fourth-order valence-electron chi connectivity index (χ4n) is 7.54.